The molecule has 206 valence electrons. The van der Waals surface area contributed by atoms with Crippen molar-refractivity contribution < 1.29 is 57.1 Å². The smallest absolute Gasteiger partial charge is 0.303 e. The monoisotopic (exact) mass is 536 g/mol. The van der Waals surface area contributed by atoms with Crippen LogP contribution in [0, 0.1) is 13.8 Å². The molecule has 38 heavy (non-hydrogen) atoms. The summed E-state index contributed by atoms with van der Waals surface area (Å²) in [6.45, 7) is 7.13. The van der Waals surface area contributed by atoms with Crippen molar-refractivity contribution in [2.24, 2.45) is 0 Å². The Kier molecular flexibility index (Phi) is 8.61. The Morgan fingerprint density at radius 3 is 2.03 bits per heavy atom. The average Bonchev–Trinajstić information content (AvgIpc) is 2.78. The lowest BCUT2D eigenvalue weighted by molar-refractivity contribution is -0.288. The number of aryl methyl sites for hydroxylation is 2. The fourth-order valence-corrected chi connectivity index (χ4v) is 4.06. The van der Waals surface area contributed by atoms with E-state index in [9.17, 15) is 29.1 Å². The summed E-state index contributed by atoms with van der Waals surface area (Å²) in [5.41, 5.74) is -0.120. The molecule has 1 aromatic heterocycles. The maximum absolute atomic E-state index is 12.4. The minimum Gasteiger partial charge on any atom is -0.507 e. The summed E-state index contributed by atoms with van der Waals surface area (Å²) in [5.74, 6) is -3.22. The van der Waals surface area contributed by atoms with Crippen LogP contribution in [0.25, 0.3) is 11.0 Å². The van der Waals surface area contributed by atoms with E-state index in [2.05, 4.69) is 0 Å². The van der Waals surface area contributed by atoms with Crippen LogP contribution in [0.3, 0.4) is 0 Å². The lowest BCUT2D eigenvalue weighted by atomic mass is 9.98. The molecule has 1 aromatic carbocycles. The van der Waals surface area contributed by atoms with Gasteiger partial charge < -0.3 is 37.9 Å². The lowest BCUT2D eigenvalue weighted by Crippen LogP contribution is -2.63. The third kappa shape index (κ3) is 6.40. The summed E-state index contributed by atoms with van der Waals surface area (Å²) < 4.78 is 38.6. The van der Waals surface area contributed by atoms with Crippen molar-refractivity contribution in [3.8, 4) is 11.5 Å². The van der Waals surface area contributed by atoms with Gasteiger partial charge in [-0.2, -0.15) is 0 Å². The maximum atomic E-state index is 12.4. The van der Waals surface area contributed by atoms with Crippen molar-refractivity contribution >= 4 is 34.8 Å². The van der Waals surface area contributed by atoms with E-state index in [0.717, 1.165) is 33.8 Å². The number of phenols is 1. The Morgan fingerprint density at radius 2 is 1.45 bits per heavy atom. The summed E-state index contributed by atoms with van der Waals surface area (Å²) in [7, 11) is 0. The van der Waals surface area contributed by atoms with Crippen LogP contribution >= 0.6 is 0 Å². The highest BCUT2D eigenvalue weighted by molar-refractivity contribution is 5.87. The molecule has 13 nitrogen and oxygen atoms in total. The summed E-state index contributed by atoms with van der Waals surface area (Å²) in [5, 5.41) is 10.5. The Bertz CT molecular complexity index is 1310. The van der Waals surface area contributed by atoms with E-state index in [1.54, 1.807) is 13.8 Å². The molecule has 0 radical (unpaired) electrons. The number of fused-ring (bicyclic) bond motifs is 1. The molecule has 13 heteroatoms. The number of hydrogen-bond donors (Lipinski definition) is 1. The van der Waals surface area contributed by atoms with Gasteiger partial charge in [-0.15, -0.1) is 0 Å². The molecule has 2 heterocycles. The topological polar surface area (TPSA) is 174 Å². The van der Waals surface area contributed by atoms with E-state index in [1.165, 1.54) is 6.07 Å². The standard InChI is InChI=1S/C25H28O13/c1-10-7-16(30)20-17(31)8-18(11(2)21(20)33-10)37-25-24(36-15(6)29)23(35-14(5)28)22(34-13(4)27)19(38-25)9-32-12(3)26/h7-8,19,22-25,31H,9H2,1-6H3/t19-,22-,23+,24-,25-/m1/s1. The van der Waals surface area contributed by atoms with Gasteiger partial charge in [0.05, 0.1) is 0 Å². The second kappa shape index (κ2) is 11.5. The number of phenolic OH excluding ortho intramolecular Hbond substituents is 1. The van der Waals surface area contributed by atoms with Gasteiger partial charge in [-0.3, -0.25) is 24.0 Å². The summed E-state index contributed by atoms with van der Waals surface area (Å²) >= 11 is 0. The Hall–Kier alpha value is -4.13. The molecule has 0 spiro atoms. The number of aromatic hydroxyl groups is 1. The lowest BCUT2D eigenvalue weighted by Gasteiger charge is -2.44. The highest BCUT2D eigenvalue weighted by Gasteiger charge is 2.53. The Labute approximate surface area is 216 Å². The SMILES string of the molecule is CC(=O)OC[C@H]1O[C@@H](Oc2cc(O)c3c(=O)cc(C)oc3c2C)[C@H](OC(C)=O)[C@@H](OC(C)=O)[C@@H]1OC(C)=O. The molecule has 1 N–H and O–H groups in total. The van der Waals surface area contributed by atoms with Gasteiger partial charge in [-0.25, -0.2) is 0 Å². The summed E-state index contributed by atoms with van der Waals surface area (Å²) in [4.78, 5) is 59.7. The molecule has 0 unspecified atom stereocenters. The van der Waals surface area contributed by atoms with Crippen molar-refractivity contribution in [1.82, 2.24) is 0 Å². The molecular formula is C25H28O13. The van der Waals surface area contributed by atoms with Crippen LogP contribution in [0.4, 0.5) is 0 Å². The van der Waals surface area contributed by atoms with Crippen LogP contribution in [-0.4, -0.2) is 66.3 Å². The molecule has 0 amide bonds. The number of hydrogen-bond acceptors (Lipinski definition) is 13. The third-order valence-electron chi connectivity index (χ3n) is 5.50. The van der Waals surface area contributed by atoms with Gasteiger partial charge in [0.25, 0.3) is 0 Å². The zero-order chi connectivity index (χ0) is 28.3. The van der Waals surface area contributed by atoms with Crippen LogP contribution in [-0.2, 0) is 42.9 Å². The molecule has 1 fully saturated rings. The molecule has 1 aliphatic rings. The fraction of sp³-hybridized carbons (Fsp3) is 0.480. The third-order valence-corrected chi connectivity index (χ3v) is 5.50. The van der Waals surface area contributed by atoms with E-state index < -0.39 is 72.4 Å². The highest BCUT2D eigenvalue weighted by atomic mass is 16.7. The summed E-state index contributed by atoms with van der Waals surface area (Å²) in [6.07, 6.45) is -7.02. The normalized spacial score (nSPS) is 22.8. The molecule has 5 atom stereocenters. The average molecular weight is 536 g/mol. The van der Waals surface area contributed by atoms with Gasteiger partial charge in [0.2, 0.25) is 12.4 Å². The molecule has 0 saturated carbocycles. The Balaban J connectivity index is 2.12. The van der Waals surface area contributed by atoms with Gasteiger partial charge in [0, 0.05) is 45.4 Å². The van der Waals surface area contributed by atoms with E-state index >= 15 is 0 Å². The van der Waals surface area contributed by atoms with Crippen LogP contribution in [0.15, 0.2) is 21.3 Å². The summed E-state index contributed by atoms with van der Waals surface area (Å²) in [6, 6.07) is 2.37. The number of ether oxygens (including phenoxy) is 6. The largest absolute Gasteiger partial charge is 0.507 e. The first-order valence-electron chi connectivity index (χ1n) is 11.5. The molecule has 3 rings (SSSR count). The minimum absolute atomic E-state index is 0.0235. The number of carbonyl (C=O) groups is 4. The van der Waals surface area contributed by atoms with Crippen molar-refractivity contribution in [3.05, 3.63) is 33.7 Å². The molecule has 2 aromatic rings. The number of rotatable bonds is 7. The quantitative estimate of drug-likeness (QED) is 0.399. The predicted octanol–water partition coefficient (Wildman–Crippen LogP) is 1.58. The van der Waals surface area contributed by atoms with Crippen LogP contribution in [0.2, 0.25) is 0 Å². The predicted molar refractivity (Wildman–Crippen MR) is 126 cm³/mol. The van der Waals surface area contributed by atoms with Gasteiger partial charge in [0.15, 0.2) is 17.6 Å². The first kappa shape index (κ1) is 28.4. The van der Waals surface area contributed by atoms with E-state index in [4.69, 9.17) is 32.8 Å². The molecular weight excluding hydrogens is 508 g/mol. The van der Waals surface area contributed by atoms with Crippen molar-refractivity contribution in [3.63, 3.8) is 0 Å². The Morgan fingerprint density at radius 1 is 0.868 bits per heavy atom. The second-order valence-electron chi connectivity index (χ2n) is 8.63. The van der Waals surface area contributed by atoms with Gasteiger partial charge in [0.1, 0.15) is 40.9 Å². The van der Waals surface area contributed by atoms with Crippen LogP contribution < -0.4 is 10.2 Å². The molecule has 1 aliphatic heterocycles. The van der Waals surface area contributed by atoms with Crippen LogP contribution in [0.1, 0.15) is 39.0 Å². The van der Waals surface area contributed by atoms with Crippen molar-refractivity contribution in [1.29, 1.82) is 0 Å². The molecule has 0 aliphatic carbocycles. The molecule has 0 bridgehead atoms. The van der Waals surface area contributed by atoms with E-state index in [-0.39, 0.29) is 22.5 Å². The first-order valence-corrected chi connectivity index (χ1v) is 11.5. The maximum Gasteiger partial charge on any atom is 0.303 e. The highest BCUT2D eigenvalue weighted by Crippen LogP contribution is 2.37. The first-order chi connectivity index (χ1) is 17.8. The van der Waals surface area contributed by atoms with Crippen molar-refractivity contribution in [2.75, 3.05) is 6.61 Å². The minimum atomic E-state index is -1.53. The second-order valence-corrected chi connectivity index (χ2v) is 8.63. The van der Waals surface area contributed by atoms with Gasteiger partial charge >= 0.3 is 23.9 Å². The number of esters is 4. The number of carbonyl (C=O) groups excluding carboxylic acids is 4. The van der Waals surface area contributed by atoms with Crippen molar-refractivity contribution in [2.45, 2.75) is 72.2 Å². The van der Waals surface area contributed by atoms with E-state index in [0.29, 0.717) is 5.56 Å². The van der Waals surface area contributed by atoms with Gasteiger partial charge in [-0.1, -0.05) is 0 Å². The zero-order valence-corrected chi connectivity index (χ0v) is 21.6. The zero-order valence-electron chi connectivity index (χ0n) is 21.6. The fourth-order valence-electron chi connectivity index (χ4n) is 4.06. The van der Waals surface area contributed by atoms with Crippen LogP contribution in [0.5, 0.6) is 11.5 Å². The molecule has 1 saturated heterocycles. The van der Waals surface area contributed by atoms with Gasteiger partial charge in [-0.05, 0) is 13.8 Å². The number of benzene rings is 1. The van der Waals surface area contributed by atoms with E-state index in [1.807, 2.05) is 0 Å².